The third-order valence-electron chi connectivity index (χ3n) is 3.76. The van der Waals surface area contributed by atoms with Gasteiger partial charge in [-0.3, -0.25) is 0 Å². The molecule has 0 unspecified atom stereocenters. The fourth-order valence-electron chi connectivity index (χ4n) is 2.39. The Morgan fingerprint density at radius 2 is 1.88 bits per heavy atom. The Morgan fingerprint density at radius 1 is 1.12 bits per heavy atom. The zero-order valence-corrected chi connectivity index (χ0v) is 15.1. The Morgan fingerprint density at radius 3 is 2.60 bits per heavy atom. The molecule has 2 aromatic rings. The summed E-state index contributed by atoms with van der Waals surface area (Å²) >= 11 is 5.81. The van der Waals surface area contributed by atoms with Crippen LogP contribution in [-0.4, -0.2) is 33.3 Å². The largest absolute Gasteiger partial charge is 0.421 e. The van der Waals surface area contributed by atoms with Gasteiger partial charge in [0, 0.05) is 17.5 Å². The molecule has 0 radical (unpaired) electrons. The maximum atomic E-state index is 6.08. The SMILES string of the molecule is NCCCn1cc[n+](CCCCl)c1N=Nc1cnn(CCCN)c1N. The van der Waals surface area contributed by atoms with Gasteiger partial charge in [0.25, 0.3) is 0 Å². The molecule has 0 fully saturated rings. The predicted octanol–water partition coefficient (Wildman–Crippen LogP) is 1.30. The maximum Gasteiger partial charge on any atom is 0.421 e. The van der Waals surface area contributed by atoms with Crippen LogP contribution in [-0.2, 0) is 19.6 Å². The summed E-state index contributed by atoms with van der Waals surface area (Å²) in [5.41, 5.74) is 17.8. The highest BCUT2D eigenvalue weighted by molar-refractivity contribution is 6.17. The van der Waals surface area contributed by atoms with Gasteiger partial charge >= 0.3 is 5.95 Å². The van der Waals surface area contributed by atoms with E-state index in [1.54, 1.807) is 10.9 Å². The summed E-state index contributed by atoms with van der Waals surface area (Å²) < 4.78 is 5.74. The first-order valence-electron chi connectivity index (χ1n) is 8.49. The van der Waals surface area contributed by atoms with Crippen LogP contribution in [0.25, 0.3) is 0 Å². The number of azo groups is 1. The minimum atomic E-state index is 0.490. The molecule has 2 rings (SSSR count). The summed E-state index contributed by atoms with van der Waals surface area (Å²) in [5, 5.41) is 12.9. The number of hydrogen-bond donors (Lipinski definition) is 3. The number of aryl methyl sites for hydroxylation is 3. The van der Waals surface area contributed by atoms with Gasteiger partial charge in [0.15, 0.2) is 11.5 Å². The lowest BCUT2D eigenvalue weighted by molar-refractivity contribution is -0.683. The molecule has 0 aliphatic heterocycles. The van der Waals surface area contributed by atoms with Crippen LogP contribution in [0.1, 0.15) is 19.3 Å². The average Bonchev–Trinajstić information content (AvgIpc) is 3.17. The molecule has 0 aromatic carbocycles. The number of anilines is 1. The van der Waals surface area contributed by atoms with Crippen molar-refractivity contribution in [1.29, 1.82) is 0 Å². The number of imidazole rings is 1. The van der Waals surface area contributed by atoms with Crippen LogP contribution in [0.5, 0.6) is 0 Å². The number of hydrogen-bond acceptors (Lipinski definition) is 6. The van der Waals surface area contributed by atoms with E-state index in [4.69, 9.17) is 28.8 Å². The molecule has 2 heterocycles. The van der Waals surface area contributed by atoms with Gasteiger partial charge in [0.05, 0.1) is 31.7 Å². The molecule has 2 aromatic heterocycles. The maximum absolute atomic E-state index is 6.08. The zero-order valence-electron chi connectivity index (χ0n) is 14.4. The van der Waals surface area contributed by atoms with Crippen LogP contribution < -0.4 is 21.8 Å². The number of halogens is 1. The fourth-order valence-corrected chi connectivity index (χ4v) is 2.51. The van der Waals surface area contributed by atoms with Crippen molar-refractivity contribution in [2.75, 3.05) is 24.7 Å². The van der Waals surface area contributed by atoms with Gasteiger partial charge < -0.3 is 17.2 Å². The van der Waals surface area contributed by atoms with Crippen molar-refractivity contribution in [3.63, 3.8) is 0 Å². The second-order valence-corrected chi connectivity index (χ2v) is 6.03. The molecule has 0 spiro atoms. The van der Waals surface area contributed by atoms with Gasteiger partial charge in [-0.25, -0.2) is 13.8 Å². The zero-order chi connectivity index (χ0) is 18.1. The number of nitrogens with zero attached hydrogens (tertiary/aromatic N) is 6. The quantitative estimate of drug-likeness (QED) is 0.313. The molecular weight excluding hydrogens is 342 g/mol. The van der Waals surface area contributed by atoms with Crippen LogP contribution in [0, 0.1) is 0 Å². The smallest absolute Gasteiger partial charge is 0.382 e. The molecule has 25 heavy (non-hydrogen) atoms. The first kappa shape index (κ1) is 19.4. The molecule has 0 amide bonds. The number of alkyl halides is 1. The molecule has 0 atom stereocenters. The lowest BCUT2D eigenvalue weighted by atomic mass is 10.4. The summed E-state index contributed by atoms with van der Waals surface area (Å²) in [6, 6.07) is 0. The topological polar surface area (TPSA) is 129 Å². The molecule has 0 aliphatic carbocycles. The molecular formula is C15H27ClN9+. The number of aromatic nitrogens is 4. The van der Waals surface area contributed by atoms with Crippen molar-refractivity contribution in [1.82, 2.24) is 14.3 Å². The molecule has 0 bridgehead atoms. The molecule has 10 heteroatoms. The van der Waals surface area contributed by atoms with E-state index >= 15 is 0 Å². The summed E-state index contributed by atoms with van der Waals surface area (Å²) in [5.74, 6) is 1.83. The Labute approximate surface area is 152 Å². The fraction of sp³-hybridized carbons (Fsp3) is 0.600. The lowest BCUT2D eigenvalue weighted by Crippen LogP contribution is -2.32. The van der Waals surface area contributed by atoms with Gasteiger partial charge in [-0.1, -0.05) is 5.11 Å². The van der Waals surface area contributed by atoms with E-state index in [2.05, 4.69) is 15.3 Å². The van der Waals surface area contributed by atoms with Gasteiger partial charge in [-0.15, -0.1) is 11.6 Å². The summed E-state index contributed by atoms with van der Waals surface area (Å²) in [6.07, 6.45) is 8.10. The van der Waals surface area contributed by atoms with E-state index in [1.807, 2.05) is 21.5 Å². The minimum Gasteiger partial charge on any atom is -0.382 e. The first-order chi connectivity index (χ1) is 12.2. The van der Waals surface area contributed by atoms with Crippen molar-refractivity contribution in [2.24, 2.45) is 21.7 Å². The van der Waals surface area contributed by atoms with Crippen molar-refractivity contribution in [3.05, 3.63) is 18.6 Å². The summed E-state index contributed by atoms with van der Waals surface area (Å²) in [6.45, 7) is 3.44. The van der Waals surface area contributed by atoms with Crippen LogP contribution in [0.4, 0.5) is 17.5 Å². The normalized spacial score (nSPS) is 11.6. The highest BCUT2D eigenvalue weighted by Crippen LogP contribution is 2.23. The molecule has 0 saturated carbocycles. The third kappa shape index (κ3) is 5.25. The van der Waals surface area contributed by atoms with E-state index in [0.29, 0.717) is 37.0 Å². The van der Waals surface area contributed by atoms with Crippen molar-refractivity contribution in [3.8, 4) is 0 Å². The Hall–Kier alpha value is -1.97. The Balaban J connectivity index is 2.20. The van der Waals surface area contributed by atoms with Crippen LogP contribution in [0.3, 0.4) is 0 Å². The number of nitrogens with two attached hydrogens (primary N) is 3. The van der Waals surface area contributed by atoms with Gasteiger partial charge in [0.1, 0.15) is 0 Å². The highest BCUT2D eigenvalue weighted by Gasteiger charge is 2.17. The standard InChI is InChI=1S/C15H26ClN9/c16-4-1-7-23-10-11-24(8-2-5-17)15(23)22-21-13-12-20-25(14(13)19)9-3-6-18/h10-12,19H,1-9,17-18H2/p+1. The van der Waals surface area contributed by atoms with Crippen LogP contribution in [0.15, 0.2) is 28.8 Å². The van der Waals surface area contributed by atoms with Crippen LogP contribution >= 0.6 is 11.6 Å². The monoisotopic (exact) mass is 368 g/mol. The van der Waals surface area contributed by atoms with E-state index in [1.165, 1.54) is 0 Å². The van der Waals surface area contributed by atoms with E-state index < -0.39 is 0 Å². The third-order valence-corrected chi connectivity index (χ3v) is 4.02. The molecule has 6 N–H and O–H groups in total. The Kier molecular flexibility index (Phi) is 7.83. The van der Waals surface area contributed by atoms with E-state index in [9.17, 15) is 0 Å². The molecule has 0 saturated heterocycles. The van der Waals surface area contributed by atoms with E-state index in [-0.39, 0.29) is 0 Å². The number of nitrogen functional groups attached to an aromatic ring is 1. The summed E-state index contributed by atoms with van der Waals surface area (Å²) in [4.78, 5) is 0. The second kappa shape index (κ2) is 10.1. The van der Waals surface area contributed by atoms with Gasteiger partial charge in [-0.2, -0.15) is 5.10 Å². The van der Waals surface area contributed by atoms with Crippen molar-refractivity contribution in [2.45, 2.75) is 38.9 Å². The minimum absolute atomic E-state index is 0.490. The molecule has 9 nitrogen and oxygen atoms in total. The van der Waals surface area contributed by atoms with E-state index in [0.717, 1.165) is 38.3 Å². The Bertz CT molecular complexity index is 651. The second-order valence-electron chi connectivity index (χ2n) is 5.65. The molecule has 138 valence electrons. The number of rotatable bonds is 11. The van der Waals surface area contributed by atoms with Gasteiger partial charge in [0.2, 0.25) is 0 Å². The molecule has 0 aliphatic rings. The average molecular weight is 369 g/mol. The summed E-state index contributed by atoms with van der Waals surface area (Å²) in [7, 11) is 0. The lowest BCUT2D eigenvalue weighted by Gasteiger charge is -2.01. The van der Waals surface area contributed by atoms with Crippen molar-refractivity contribution < 1.29 is 4.57 Å². The first-order valence-corrected chi connectivity index (χ1v) is 9.02. The highest BCUT2D eigenvalue weighted by atomic mass is 35.5. The van der Waals surface area contributed by atoms with Gasteiger partial charge in [-0.05, 0) is 32.4 Å². The predicted molar refractivity (Wildman–Crippen MR) is 98.1 cm³/mol. The van der Waals surface area contributed by atoms with Crippen molar-refractivity contribution >= 4 is 29.1 Å². The van der Waals surface area contributed by atoms with Crippen LogP contribution in [0.2, 0.25) is 0 Å².